The molecule has 2 aromatic rings. The van der Waals surface area contributed by atoms with Crippen molar-refractivity contribution in [3.63, 3.8) is 0 Å². The fourth-order valence-electron chi connectivity index (χ4n) is 5.47. The lowest BCUT2D eigenvalue weighted by Crippen LogP contribution is -2.45. The van der Waals surface area contributed by atoms with E-state index in [1.54, 1.807) is 17.3 Å². The Balaban J connectivity index is 1.40. The van der Waals surface area contributed by atoms with Crippen LogP contribution >= 0.6 is 0 Å². The van der Waals surface area contributed by atoms with Gasteiger partial charge in [-0.05, 0) is 75.4 Å². The first-order valence-corrected chi connectivity index (χ1v) is 13.8. The first-order chi connectivity index (χ1) is 18.3. The van der Waals surface area contributed by atoms with Crippen molar-refractivity contribution in [2.45, 2.75) is 70.6 Å². The van der Waals surface area contributed by atoms with Gasteiger partial charge in [0, 0.05) is 32.0 Å². The summed E-state index contributed by atoms with van der Waals surface area (Å²) in [5.41, 5.74) is 2.70. The summed E-state index contributed by atoms with van der Waals surface area (Å²) in [5.74, 6) is -0.268. The fourth-order valence-corrected chi connectivity index (χ4v) is 5.47. The second-order valence-corrected chi connectivity index (χ2v) is 10.9. The minimum atomic E-state index is -1.18. The lowest BCUT2D eigenvalue weighted by atomic mass is 9.74. The Morgan fingerprint density at radius 2 is 1.66 bits per heavy atom. The summed E-state index contributed by atoms with van der Waals surface area (Å²) in [6.45, 7) is 5.08. The zero-order valence-corrected chi connectivity index (χ0v) is 22.4. The van der Waals surface area contributed by atoms with Gasteiger partial charge in [-0.15, -0.1) is 0 Å². The molecule has 1 aromatic carbocycles. The molecule has 2 N–H and O–H groups in total. The first-order valence-electron chi connectivity index (χ1n) is 13.8. The summed E-state index contributed by atoms with van der Waals surface area (Å²) in [6.07, 6.45) is 5.50. The number of aliphatic hydroxyl groups excluding tert-OH is 2. The molecule has 8 heteroatoms. The number of ether oxygens (including phenoxy) is 1. The van der Waals surface area contributed by atoms with E-state index in [-0.39, 0.29) is 24.9 Å². The maximum atomic E-state index is 13.3. The standard InChI is InChI=1S/C30H41N3O5/c1-23-4-6-24(7-5-23)20-28(36)33-16-3-2-11-30(29(37)38-22-27(35)26(34)10-17-33)12-18-32(19-13-30)21-25-8-14-31-15-9-25/h4-9,14-15,26-27,34-35H,2-3,10-13,16-22H2,1H3/t26-,27+/m0/s1. The van der Waals surface area contributed by atoms with Crippen molar-refractivity contribution in [2.75, 3.05) is 32.8 Å². The highest BCUT2D eigenvalue weighted by Crippen LogP contribution is 2.38. The predicted octanol–water partition coefficient (Wildman–Crippen LogP) is 2.88. The van der Waals surface area contributed by atoms with E-state index in [0.717, 1.165) is 43.6 Å². The number of aryl methyl sites for hydroxylation is 1. The smallest absolute Gasteiger partial charge is 0.312 e. The van der Waals surface area contributed by atoms with Crippen LogP contribution in [0.4, 0.5) is 0 Å². The van der Waals surface area contributed by atoms with Crippen molar-refractivity contribution in [3.05, 3.63) is 65.5 Å². The number of likely N-dealkylation sites (tertiary alicyclic amines) is 1. The molecule has 206 valence electrons. The van der Waals surface area contributed by atoms with Gasteiger partial charge < -0.3 is 19.8 Å². The van der Waals surface area contributed by atoms with Crippen LogP contribution in [0.2, 0.25) is 0 Å². The minimum absolute atomic E-state index is 0.0110. The number of nitrogens with zero attached hydrogens (tertiary/aromatic N) is 3. The molecule has 1 spiro atoms. The van der Waals surface area contributed by atoms with Gasteiger partial charge in [0.2, 0.25) is 5.91 Å². The normalized spacial score (nSPS) is 23.7. The zero-order chi connectivity index (χ0) is 27.0. The molecule has 0 unspecified atom stereocenters. The molecule has 1 amide bonds. The van der Waals surface area contributed by atoms with Gasteiger partial charge in [-0.1, -0.05) is 36.2 Å². The molecule has 2 fully saturated rings. The number of amides is 1. The third-order valence-corrected chi connectivity index (χ3v) is 8.09. The zero-order valence-electron chi connectivity index (χ0n) is 22.4. The Hall–Kier alpha value is -2.81. The molecule has 1 aromatic heterocycles. The second kappa shape index (κ2) is 13.3. The van der Waals surface area contributed by atoms with Gasteiger partial charge in [-0.2, -0.15) is 0 Å². The molecule has 2 saturated heterocycles. The number of piperidine rings is 1. The van der Waals surface area contributed by atoms with E-state index in [2.05, 4.69) is 9.88 Å². The Labute approximate surface area is 225 Å². The van der Waals surface area contributed by atoms with Gasteiger partial charge in [0.15, 0.2) is 0 Å². The van der Waals surface area contributed by atoms with E-state index in [9.17, 15) is 19.8 Å². The molecule has 0 radical (unpaired) electrons. The number of hydrogen-bond acceptors (Lipinski definition) is 7. The van der Waals surface area contributed by atoms with Crippen molar-refractivity contribution in [3.8, 4) is 0 Å². The van der Waals surface area contributed by atoms with Crippen LogP contribution in [0.5, 0.6) is 0 Å². The van der Waals surface area contributed by atoms with E-state index in [1.165, 1.54) is 5.56 Å². The van der Waals surface area contributed by atoms with Crippen LogP contribution in [-0.4, -0.2) is 81.9 Å². The number of hydrogen-bond donors (Lipinski definition) is 2. The fraction of sp³-hybridized carbons (Fsp3) is 0.567. The quantitative estimate of drug-likeness (QED) is 0.594. The highest BCUT2D eigenvalue weighted by Gasteiger charge is 2.42. The van der Waals surface area contributed by atoms with Crippen molar-refractivity contribution in [1.82, 2.24) is 14.8 Å². The molecule has 0 bridgehead atoms. The number of rotatable bonds is 4. The van der Waals surface area contributed by atoms with Crippen molar-refractivity contribution in [1.29, 1.82) is 0 Å². The predicted molar refractivity (Wildman–Crippen MR) is 144 cm³/mol. The molecule has 0 saturated carbocycles. The van der Waals surface area contributed by atoms with Gasteiger partial charge >= 0.3 is 5.97 Å². The highest BCUT2D eigenvalue weighted by molar-refractivity contribution is 5.79. The topological polar surface area (TPSA) is 103 Å². The van der Waals surface area contributed by atoms with E-state index < -0.39 is 17.6 Å². The Bertz CT molecular complexity index is 1040. The minimum Gasteiger partial charge on any atom is -0.462 e. The summed E-state index contributed by atoms with van der Waals surface area (Å²) < 4.78 is 5.59. The average Bonchev–Trinajstić information content (AvgIpc) is 2.94. The van der Waals surface area contributed by atoms with Gasteiger partial charge in [-0.25, -0.2) is 0 Å². The van der Waals surface area contributed by atoms with Crippen LogP contribution in [0.3, 0.4) is 0 Å². The number of aromatic nitrogens is 1. The van der Waals surface area contributed by atoms with E-state index >= 15 is 0 Å². The molecule has 4 rings (SSSR count). The molecule has 2 aliphatic heterocycles. The van der Waals surface area contributed by atoms with Crippen LogP contribution in [0.25, 0.3) is 0 Å². The van der Waals surface area contributed by atoms with Gasteiger partial charge in [0.1, 0.15) is 12.7 Å². The van der Waals surface area contributed by atoms with Crippen LogP contribution in [-0.2, 0) is 27.3 Å². The number of esters is 1. The van der Waals surface area contributed by atoms with Crippen LogP contribution in [0.15, 0.2) is 48.8 Å². The Kier molecular flexibility index (Phi) is 9.88. The molecule has 0 aliphatic carbocycles. The van der Waals surface area contributed by atoms with Crippen LogP contribution in [0, 0.1) is 12.3 Å². The molecule has 38 heavy (non-hydrogen) atoms. The van der Waals surface area contributed by atoms with E-state index in [4.69, 9.17) is 4.74 Å². The van der Waals surface area contributed by atoms with Gasteiger partial charge in [0.05, 0.1) is 17.9 Å². The van der Waals surface area contributed by atoms with Gasteiger partial charge in [0.25, 0.3) is 0 Å². The maximum absolute atomic E-state index is 13.3. The molecular weight excluding hydrogens is 482 g/mol. The monoisotopic (exact) mass is 523 g/mol. The van der Waals surface area contributed by atoms with Crippen molar-refractivity contribution < 1.29 is 24.5 Å². The van der Waals surface area contributed by atoms with Crippen LogP contribution < -0.4 is 0 Å². The summed E-state index contributed by atoms with van der Waals surface area (Å²) in [5, 5.41) is 21.0. The molecule has 2 aliphatic rings. The number of benzene rings is 1. The van der Waals surface area contributed by atoms with Gasteiger partial charge in [-0.3, -0.25) is 19.5 Å². The average molecular weight is 524 g/mol. The summed E-state index contributed by atoms with van der Waals surface area (Å²) in [4.78, 5) is 34.7. The number of pyridine rings is 1. The Morgan fingerprint density at radius 1 is 0.947 bits per heavy atom. The van der Waals surface area contributed by atoms with Crippen molar-refractivity contribution >= 4 is 11.9 Å². The van der Waals surface area contributed by atoms with Crippen LogP contribution in [0.1, 0.15) is 55.2 Å². The maximum Gasteiger partial charge on any atom is 0.312 e. The largest absolute Gasteiger partial charge is 0.462 e. The number of carbonyl (C=O) groups is 2. The lowest BCUT2D eigenvalue weighted by Gasteiger charge is -2.40. The number of aliphatic hydroxyl groups is 2. The highest BCUT2D eigenvalue weighted by atomic mass is 16.5. The summed E-state index contributed by atoms with van der Waals surface area (Å²) >= 11 is 0. The molecule has 8 nitrogen and oxygen atoms in total. The van der Waals surface area contributed by atoms with E-state index in [0.29, 0.717) is 38.8 Å². The van der Waals surface area contributed by atoms with Crippen molar-refractivity contribution in [2.24, 2.45) is 5.41 Å². The summed E-state index contributed by atoms with van der Waals surface area (Å²) in [6, 6.07) is 12.0. The second-order valence-electron chi connectivity index (χ2n) is 10.9. The van der Waals surface area contributed by atoms with E-state index in [1.807, 2.05) is 43.3 Å². The third-order valence-electron chi connectivity index (χ3n) is 8.09. The third kappa shape index (κ3) is 7.62. The Morgan fingerprint density at radius 3 is 2.37 bits per heavy atom. The molecule has 2 atom stereocenters. The molecule has 3 heterocycles. The SMILES string of the molecule is Cc1ccc(CC(=O)N2CCCCC3(CCN(Cc4ccncc4)CC3)C(=O)OC[C@@H](O)[C@@H](O)CC2)cc1. The number of cyclic esters (lactones) is 1. The number of carbonyl (C=O) groups excluding carboxylic acids is 2. The first kappa shape index (κ1) is 28.2. The lowest BCUT2D eigenvalue weighted by molar-refractivity contribution is -0.165. The molecular formula is C30H41N3O5. The summed E-state index contributed by atoms with van der Waals surface area (Å²) in [7, 11) is 0.